The molecule has 3 aromatic rings. The van der Waals surface area contributed by atoms with Crippen LogP contribution < -0.4 is 4.80 Å². The number of rotatable bonds is 5. The van der Waals surface area contributed by atoms with Gasteiger partial charge in [-0.1, -0.05) is 42.0 Å². The molecule has 138 valence electrons. The fourth-order valence-electron chi connectivity index (χ4n) is 2.54. The lowest BCUT2D eigenvalue weighted by molar-refractivity contribution is 0.475. The highest BCUT2D eigenvalue weighted by Crippen LogP contribution is 2.21. The zero-order chi connectivity index (χ0) is 19.4. The molecule has 0 saturated heterocycles. The summed E-state index contributed by atoms with van der Waals surface area (Å²) in [5.41, 5.74) is 6.11. The first-order valence-corrected chi connectivity index (χ1v) is 9.59. The summed E-state index contributed by atoms with van der Waals surface area (Å²) in [6.45, 7) is 10.5. The molecule has 0 bridgehead atoms. The van der Waals surface area contributed by atoms with Gasteiger partial charge in [0.1, 0.15) is 5.75 Å². The molecule has 4 nitrogen and oxygen atoms in total. The van der Waals surface area contributed by atoms with Crippen LogP contribution >= 0.6 is 11.3 Å². The average molecular weight is 378 g/mol. The van der Waals surface area contributed by atoms with E-state index in [2.05, 4.69) is 48.1 Å². The molecule has 0 aliphatic carbocycles. The van der Waals surface area contributed by atoms with Crippen LogP contribution in [0, 0.1) is 6.92 Å². The standard InChI is InChI=1S/C22H23N3OS/c1-15(2)13-23-22-25(24-17(4)18-9-11-20(26)12-10-18)21(14-27-22)19-7-5-16(3)6-8-19/h5-12,14,26H,1,13H2,2-4H3. The number of thiazole rings is 1. The van der Waals surface area contributed by atoms with Crippen molar-refractivity contribution in [3.05, 3.63) is 82.0 Å². The van der Waals surface area contributed by atoms with Crippen LogP contribution in [0.4, 0.5) is 0 Å². The molecular weight excluding hydrogens is 354 g/mol. The van der Waals surface area contributed by atoms with Crippen molar-refractivity contribution in [2.45, 2.75) is 20.8 Å². The van der Waals surface area contributed by atoms with Gasteiger partial charge in [-0.25, -0.2) is 4.68 Å². The highest BCUT2D eigenvalue weighted by Gasteiger charge is 2.09. The topological polar surface area (TPSA) is 49.9 Å². The summed E-state index contributed by atoms with van der Waals surface area (Å²) >= 11 is 1.56. The van der Waals surface area contributed by atoms with Crippen LogP contribution in [-0.4, -0.2) is 22.0 Å². The molecule has 0 fully saturated rings. The Hall–Kier alpha value is -2.92. The maximum atomic E-state index is 9.51. The van der Waals surface area contributed by atoms with E-state index < -0.39 is 0 Å². The lowest BCUT2D eigenvalue weighted by Gasteiger charge is -2.07. The SMILES string of the molecule is C=C(C)CN=c1scc(-c2ccc(C)cc2)n1N=C(C)c1ccc(O)cc1. The Kier molecular flexibility index (Phi) is 5.72. The third-order valence-electron chi connectivity index (χ3n) is 4.05. The molecule has 3 rings (SSSR count). The molecule has 0 saturated carbocycles. The number of aromatic nitrogens is 1. The van der Waals surface area contributed by atoms with E-state index in [1.54, 1.807) is 23.5 Å². The van der Waals surface area contributed by atoms with Gasteiger partial charge in [0.15, 0.2) is 0 Å². The van der Waals surface area contributed by atoms with Crippen molar-refractivity contribution < 1.29 is 5.11 Å². The van der Waals surface area contributed by atoms with Crippen LogP contribution in [0.1, 0.15) is 25.0 Å². The summed E-state index contributed by atoms with van der Waals surface area (Å²) in [4.78, 5) is 5.49. The van der Waals surface area contributed by atoms with Crippen molar-refractivity contribution in [2.75, 3.05) is 6.54 Å². The minimum absolute atomic E-state index is 0.243. The van der Waals surface area contributed by atoms with Gasteiger partial charge in [0, 0.05) is 10.9 Å². The third-order valence-corrected chi connectivity index (χ3v) is 4.91. The van der Waals surface area contributed by atoms with Crippen molar-refractivity contribution in [1.29, 1.82) is 0 Å². The normalized spacial score (nSPS) is 12.4. The molecule has 5 heteroatoms. The smallest absolute Gasteiger partial charge is 0.206 e. The molecule has 1 N–H and O–H groups in total. The summed E-state index contributed by atoms with van der Waals surface area (Å²) < 4.78 is 1.89. The van der Waals surface area contributed by atoms with Gasteiger partial charge in [0.05, 0.1) is 18.0 Å². The molecule has 0 unspecified atom stereocenters. The molecule has 0 aliphatic heterocycles. The number of aryl methyl sites for hydroxylation is 1. The van der Waals surface area contributed by atoms with E-state index in [1.165, 1.54) is 5.56 Å². The molecule has 27 heavy (non-hydrogen) atoms. The molecule has 0 radical (unpaired) electrons. The van der Waals surface area contributed by atoms with Crippen molar-refractivity contribution >= 4 is 17.0 Å². The van der Waals surface area contributed by atoms with Crippen molar-refractivity contribution in [3.63, 3.8) is 0 Å². The molecule has 1 heterocycles. The zero-order valence-electron chi connectivity index (χ0n) is 15.8. The molecule has 0 spiro atoms. The number of hydrogen-bond acceptors (Lipinski definition) is 4. The Labute approximate surface area is 163 Å². The van der Waals surface area contributed by atoms with E-state index in [1.807, 2.05) is 30.7 Å². The highest BCUT2D eigenvalue weighted by atomic mass is 32.1. The summed E-state index contributed by atoms with van der Waals surface area (Å²) in [6.07, 6.45) is 0. The summed E-state index contributed by atoms with van der Waals surface area (Å²) in [5, 5.41) is 16.4. The molecule has 2 aromatic carbocycles. The molecule has 0 aliphatic rings. The van der Waals surface area contributed by atoms with Crippen molar-refractivity contribution in [3.8, 4) is 17.0 Å². The van der Waals surface area contributed by atoms with Gasteiger partial charge in [0.2, 0.25) is 4.80 Å². The second-order valence-electron chi connectivity index (χ2n) is 6.59. The number of aromatic hydroxyl groups is 1. The van der Waals surface area contributed by atoms with Crippen molar-refractivity contribution in [1.82, 2.24) is 4.68 Å². The predicted octanol–water partition coefficient (Wildman–Crippen LogP) is 4.98. The number of hydrogen-bond donors (Lipinski definition) is 1. The van der Waals surface area contributed by atoms with E-state index in [-0.39, 0.29) is 5.75 Å². The van der Waals surface area contributed by atoms with Crippen LogP contribution in [0.25, 0.3) is 11.3 Å². The van der Waals surface area contributed by atoms with Gasteiger partial charge < -0.3 is 5.11 Å². The molecule has 0 amide bonds. The Morgan fingerprint density at radius 3 is 2.37 bits per heavy atom. The van der Waals surface area contributed by atoms with Gasteiger partial charge in [-0.2, -0.15) is 5.10 Å². The number of phenolic OH excluding ortho intramolecular Hbond substituents is 1. The first-order chi connectivity index (χ1) is 12.9. The predicted molar refractivity (Wildman–Crippen MR) is 113 cm³/mol. The van der Waals surface area contributed by atoms with E-state index in [4.69, 9.17) is 5.10 Å². The van der Waals surface area contributed by atoms with Crippen LogP contribution in [0.3, 0.4) is 0 Å². The maximum absolute atomic E-state index is 9.51. The monoisotopic (exact) mass is 377 g/mol. The molecular formula is C22H23N3OS. The summed E-state index contributed by atoms with van der Waals surface area (Å²) in [7, 11) is 0. The highest BCUT2D eigenvalue weighted by molar-refractivity contribution is 7.07. The quantitative estimate of drug-likeness (QED) is 0.495. The van der Waals surface area contributed by atoms with Gasteiger partial charge in [-0.15, -0.1) is 11.3 Å². The van der Waals surface area contributed by atoms with E-state index >= 15 is 0 Å². The maximum Gasteiger partial charge on any atom is 0.206 e. The number of phenols is 1. The fraction of sp³-hybridized carbons (Fsp3) is 0.182. The zero-order valence-corrected chi connectivity index (χ0v) is 16.6. The minimum atomic E-state index is 0.243. The van der Waals surface area contributed by atoms with Crippen LogP contribution in [0.5, 0.6) is 5.75 Å². The Bertz CT molecular complexity index is 1040. The molecule has 1 aromatic heterocycles. The largest absolute Gasteiger partial charge is 0.508 e. The summed E-state index contributed by atoms with van der Waals surface area (Å²) in [6, 6.07) is 15.4. The third kappa shape index (κ3) is 4.63. The van der Waals surface area contributed by atoms with Gasteiger partial charge >= 0.3 is 0 Å². The Balaban J connectivity index is 2.12. The van der Waals surface area contributed by atoms with E-state index in [0.29, 0.717) is 6.54 Å². The second kappa shape index (κ2) is 8.18. The number of nitrogens with zero attached hydrogens (tertiary/aromatic N) is 3. The van der Waals surface area contributed by atoms with E-state index in [9.17, 15) is 5.11 Å². The fourth-order valence-corrected chi connectivity index (χ4v) is 3.37. The van der Waals surface area contributed by atoms with Gasteiger partial charge in [-0.3, -0.25) is 4.99 Å². The number of benzene rings is 2. The van der Waals surface area contributed by atoms with Crippen molar-refractivity contribution in [2.24, 2.45) is 10.1 Å². The summed E-state index contributed by atoms with van der Waals surface area (Å²) in [5.74, 6) is 0.243. The lowest BCUT2D eigenvalue weighted by atomic mass is 10.1. The Morgan fingerprint density at radius 1 is 1.07 bits per heavy atom. The average Bonchev–Trinajstić information content (AvgIpc) is 3.03. The van der Waals surface area contributed by atoms with Gasteiger partial charge in [0.25, 0.3) is 0 Å². The first-order valence-electron chi connectivity index (χ1n) is 8.71. The second-order valence-corrected chi connectivity index (χ2v) is 7.42. The van der Waals surface area contributed by atoms with Crippen LogP contribution in [-0.2, 0) is 0 Å². The first kappa shape index (κ1) is 18.9. The Morgan fingerprint density at radius 2 is 1.74 bits per heavy atom. The van der Waals surface area contributed by atoms with Crippen LogP contribution in [0.2, 0.25) is 0 Å². The van der Waals surface area contributed by atoms with E-state index in [0.717, 1.165) is 32.9 Å². The lowest BCUT2D eigenvalue weighted by Crippen LogP contribution is -2.15. The van der Waals surface area contributed by atoms with Crippen LogP contribution in [0.15, 0.2) is 76.2 Å². The minimum Gasteiger partial charge on any atom is -0.508 e. The van der Waals surface area contributed by atoms with Gasteiger partial charge in [-0.05, 0) is 50.6 Å². The molecule has 0 atom stereocenters.